The molecule has 2 N–H and O–H groups in total. The molecule has 196 valence electrons. The van der Waals surface area contributed by atoms with Crippen molar-refractivity contribution in [3.63, 3.8) is 0 Å². The molecule has 3 aromatic rings. The van der Waals surface area contributed by atoms with E-state index in [1.807, 2.05) is 55.5 Å². The number of nitrogens with one attached hydrogen (secondary N) is 2. The van der Waals surface area contributed by atoms with Crippen LogP contribution < -0.4 is 15.9 Å². The summed E-state index contributed by atoms with van der Waals surface area (Å²) >= 11 is 0. The first-order valence-corrected chi connectivity index (χ1v) is 13.1. The number of H-pyrrole nitrogens is 1. The van der Waals surface area contributed by atoms with Crippen LogP contribution in [0.1, 0.15) is 36.5 Å². The van der Waals surface area contributed by atoms with E-state index in [1.165, 1.54) is 5.56 Å². The molecule has 2 aliphatic heterocycles. The van der Waals surface area contributed by atoms with Crippen molar-refractivity contribution >= 4 is 23.7 Å². The number of fused-ring (bicyclic) bond motifs is 1. The highest BCUT2D eigenvalue weighted by molar-refractivity contribution is 5.95. The van der Waals surface area contributed by atoms with E-state index in [4.69, 9.17) is 4.74 Å². The average molecular weight is 512 g/mol. The molecule has 3 heterocycles. The molecule has 1 atom stereocenters. The Morgan fingerprint density at radius 3 is 2.42 bits per heavy atom. The second-order valence-corrected chi connectivity index (χ2v) is 9.48. The number of ether oxygens (including phenoxy) is 1. The Bertz CT molecular complexity index is 1390. The van der Waals surface area contributed by atoms with Crippen LogP contribution in [-0.4, -0.2) is 60.2 Å². The number of allylic oxidation sites excluding steroid dienone is 1. The molecule has 8 heteroatoms. The first-order chi connectivity index (χ1) is 18.5. The van der Waals surface area contributed by atoms with Gasteiger partial charge in [0.2, 0.25) is 0 Å². The Morgan fingerprint density at radius 1 is 1.05 bits per heavy atom. The number of carbonyl (C=O) groups excluding carboxylic acids is 1. The Balaban J connectivity index is 1.43. The molecule has 1 aromatic heterocycles. The fraction of sp³-hybridized carbons (Fsp3) is 0.300. The topological polar surface area (TPSA) is 90.6 Å². The summed E-state index contributed by atoms with van der Waals surface area (Å²) in [4.78, 5) is 37.7. The summed E-state index contributed by atoms with van der Waals surface area (Å²) in [5.74, 6) is 0.397. The van der Waals surface area contributed by atoms with Crippen molar-refractivity contribution in [2.75, 3.05) is 49.5 Å². The lowest BCUT2D eigenvalue weighted by atomic mass is 9.81. The summed E-state index contributed by atoms with van der Waals surface area (Å²) < 4.78 is 5.46. The minimum atomic E-state index is -0.419. The van der Waals surface area contributed by atoms with Gasteiger partial charge in [-0.1, -0.05) is 72.8 Å². The standard InChI is InChI=1S/C30H33N5O3/c1-3-38-29(36)24-21(2)31-27-26(25(24)23-14-8-5-9-15-23)28(33-30(37)32-27)35-19-17-34(18-20-35)16-10-13-22-11-6-4-7-12-22/h4-15,25H,3,16-20H2,1-2H3,(H2,31,32,33,37)/b13-10+/t25-/m1/s1. The molecule has 0 saturated carbocycles. The molecule has 0 unspecified atom stereocenters. The van der Waals surface area contributed by atoms with E-state index in [9.17, 15) is 9.59 Å². The number of rotatable bonds is 7. The van der Waals surface area contributed by atoms with Gasteiger partial charge in [-0.25, -0.2) is 9.59 Å². The molecular weight excluding hydrogens is 478 g/mol. The van der Waals surface area contributed by atoms with Gasteiger partial charge in [-0.15, -0.1) is 0 Å². The van der Waals surface area contributed by atoms with Crippen LogP contribution >= 0.6 is 0 Å². The maximum atomic E-state index is 13.2. The minimum Gasteiger partial charge on any atom is -0.463 e. The predicted octanol–water partition coefficient (Wildman–Crippen LogP) is 4.00. The lowest BCUT2D eigenvalue weighted by Crippen LogP contribution is -2.47. The average Bonchev–Trinajstić information content (AvgIpc) is 2.93. The molecule has 0 aliphatic carbocycles. The molecule has 1 fully saturated rings. The zero-order valence-corrected chi connectivity index (χ0v) is 21.8. The molecular formula is C30H33N5O3. The van der Waals surface area contributed by atoms with Crippen molar-refractivity contribution in [1.29, 1.82) is 0 Å². The van der Waals surface area contributed by atoms with Crippen LogP contribution in [0, 0.1) is 0 Å². The number of nitrogens with zero attached hydrogens (tertiary/aromatic N) is 3. The molecule has 38 heavy (non-hydrogen) atoms. The predicted molar refractivity (Wildman–Crippen MR) is 150 cm³/mol. The molecule has 1 saturated heterocycles. The second-order valence-electron chi connectivity index (χ2n) is 9.48. The Hall–Kier alpha value is -4.17. The first-order valence-electron chi connectivity index (χ1n) is 13.1. The number of esters is 1. The van der Waals surface area contributed by atoms with Gasteiger partial charge in [0.05, 0.1) is 18.1 Å². The van der Waals surface area contributed by atoms with Crippen molar-refractivity contribution in [3.05, 3.63) is 105 Å². The SMILES string of the molecule is CCOC(=O)C1=C(C)Nc2[nH]c(=O)nc(N3CCN(C/C=C/c4ccccc4)CC3)c2[C@@H]1c1ccccc1. The van der Waals surface area contributed by atoms with Gasteiger partial charge in [0.25, 0.3) is 0 Å². The number of hydrogen-bond donors (Lipinski definition) is 2. The van der Waals surface area contributed by atoms with Gasteiger partial charge in [0, 0.05) is 44.0 Å². The van der Waals surface area contributed by atoms with E-state index in [1.54, 1.807) is 6.92 Å². The van der Waals surface area contributed by atoms with Crippen LogP contribution in [0.2, 0.25) is 0 Å². The van der Waals surface area contributed by atoms with Crippen molar-refractivity contribution in [3.8, 4) is 0 Å². The Labute approximate surface area is 222 Å². The van der Waals surface area contributed by atoms with E-state index in [2.05, 4.69) is 49.4 Å². The van der Waals surface area contributed by atoms with Gasteiger partial charge in [0.1, 0.15) is 11.6 Å². The van der Waals surface area contributed by atoms with Gasteiger partial charge < -0.3 is 15.0 Å². The fourth-order valence-corrected chi connectivity index (χ4v) is 5.20. The maximum Gasteiger partial charge on any atom is 0.348 e. The lowest BCUT2D eigenvalue weighted by Gasteiger charge is -2.38. The van der Waals surface area contributed by atoms with Crippen molar-refractivity contribution in [2.24, 2.45) is 0 Å². The van der Waals surface area contributed by atoms with Crippen LogP contribution in [0.25, 0.3) is 6.08 Å². The number of hydrogen-bond acceptors (Lipinski definition) is 7. The van der Waals surface area contributed by atoms with Crippen LogP contribution in [0.15, 0.2) is 82.8 Å². The van der Waals surface area contributed by atoms with E-state index >= 15 is 0 Å². The smallest absolute Gasteiger partial charge is 0.348 e. The summed E-state index contributed by atoms with van der Waals surface area (Å²) in [5.41, 5.74) is 3.70. The number of benzene rings is 2. The molecule has 2 aliphatic rings. The number of anilines is 2. The van der Waals surface area contributed by atoms with Gasteiger partial charge in [-0.3, -0.25) is 9.88 Å². The van der Waals surface area contributed by atoms with E-state index < -0.39 is 11.6 Å². The van der Waals surface area contributed by atoms with Gasteiger partial charge >= 0.3 is 11.7 Å². The third kappa shape index (κ3) is 5.40. The van der Waals surface area contributed by atoms with Gasteiger partial charge in [-0.2, -0.15) is 4.98 Å². The van der Waals surface area contributed by atoms with E-state index in [0.717, 1.165) is 43.9 Å². The highest BCUT2D eigenvalue weighted by atomic mass is 16.5. The summed E-state index contributed by atoms with van der Waals surface area (Å²) in [6.45, 7) is 7.90. The zero-order chi connectivity index (χ0) is 26.5. The third-order valence-electron chi connectivity index (χ3n) is 7.02. The van der Waals surface area contributed by atoms with Gasteiger partial charge in [0.15, 0.2) is 0 Å². The number of piperazine rings is 1. The van der Waals surface area contributed by atoms with Gasteiger partial charge in [-0.05, 0) is 25.0 Å². The molecule has 8 nitrogen and oxygen atoms in total. The van der Waals surface area contributed by atoms with Crippen molar-refractivity contribution in [1.82, 2.24) is 14.9 Å². The summed E-state index contributed by atoms with van der Waals surface area (Å²) in [5, 5.41) is 3.26. The Kier molecular flexibility index (Phi) is 7.70. The summed E-state index contributed by atoms with van der Waals surface area (Å²) in [7, 11) is 0. The third-order valence-corrected chi connectivity index (χ3v) is 7.02. The highest BCUT2D eigenvalue weighted by Gasteiger charge is 2.37. The summed E-state index contributed by atoms with van der Waals surface area (Å²) in [6.07, 6.45) is 4.33. The van der Waals surface area contributed by atoms with Crippen LogP contribution in [0.5, 0.6) is 0 Å². The number of carbonyl (C=O) groups is 1. The highest BCUT2D eigenvalue weighted by Crippen LogP contribution is 2.44. The molecule has 0 radical (unpaired) electrons. The first kappa shape index (κ1) is 25.5. The van der Waals surface area contributed by atoms with Crippen LogP contribution in [0.3, 0.4) is 0 Å². The van der Waals surface area contributed by atoms with Crippen molar-refractivity contribution in [2.45, 2.75) is 19.8 Å². The molecule has 0 amide bonds. The monoisotopic (exact) mass is 511 g/mol. The number of aromatic amines is 1. The number of aromatic nitrogens is 2. The normalized spacial score (nSPS) is 17.8. The van der Waals surface area contributed by atoms with Crippen molar-refractivity contribution < 1.29 is 9.53 Å². The van der Waals surface area contributed by atoms with Crippen LogP contribution in [-0.2, 0) is 9.53 Å². The maximum absolute atomic E-state index is 13.2. The largest absolute Gasteiger partial charge is 0.463 e. The zero-order valence-electron chi connectivity index (χ0n) is 21.8. The fourth-order valence-electron chi connectivity index (χ4n) is 5.20. The van der Waals surface area contributed by atoms with E-state index in [0.29, 0.717) is 22.9 Å². The quantitative estimate of drug-likeness (QED) is 0.464. The molecule has 0 spiro atoms. The summed E-state index contributed by atoms with van der Waals surface area (Å²) in [6, 6.07) is 20.1. The van der Waals surface area contributed by atoms with E-state index in [-0.39, 0.29) is 12.6 Å². The molecule has 2 aromatic carbocycles. The minimum absolute atomic E-state index is 0.279. The van der Waals surface area contributed by atoms with Crippen LogP contribution in [0.4, 0.5) is 11.6 Å². The molecule has 5 rings (SSSR count). The second kappa shape index (κ2) is 11.5. The lowest BCUT2D eigenvalue weighted by molar-refractivity contribution is -0.138. The molecule has 0 bridgehead atoms. The Morgan fingerprint density at radius 2 is 1.74 bits per heavy atom.